The first kappa shape index (κ1) is 26.5. The zero-order valence-electron chi connectivity index (χ0n) is 17.2. The number of urea groups is 1. The Kier molecular flexibility index (Phi) is 10.0. The van der Waals surface area contributed by atoms with E-state index in [4.69, 9.17) is 56.0 Å². The van der Waals surface area contributed by atoms with Gasteiger partial charge in [0, 0.05) is 29.9 Å². The van der Waals surface area contributed by atoms with Crippen molar-refractivity contribution in [1.29, 1.82) is 0 Å². The average Bonchev–Trinajstić information content (AvgIpc) is 2.78. The lowest BCUT2D eigenvalue weighted by Crippen LogP contribution is -2.30. The van der Waals surface area contributed by atoms with Gasteiger partial charge in [0.15, 0.2) is 0 Å². The predicted octanol–water partition coefficient (Wildman–Crippen LogP) is 7.71. The standard InChI is InChI=1S/C12H7Cl2NO3.C9H10Cl2N2O2/c13-8-1-6-12(11(14)7-8)18-10-4-2-9(3-5-10)15(16)17;1-13(15-2)9(14)12-6-3-4-7(10)8(11)5-6/h1-7H;3-5H,1-2H3,(H,12,14). The van der Waals surface area contributed by atoms with Gasteiger partial charge in [-0.25, -0.2) is 9.86 Å². The van der Waals surface area contributed by atoms with Crippen LogP contribution < -0.4 is 10.1 Å². The molecule has 0 spiro atoms. The normalized spacial score (nSPS) is 10.0. The molecule has 0 bridgehead atoms. The Morgan fingerprint density at radius 3 is 2.15 bits per heavy atom. The van der Waals surface area contributed by atoms with Crippen molar-refractivity contribution < 1.29 is 19.3 Å². The third-order valence-electron chi connectivity index (χ3n) is 3.90. The van der Waals surface area contributed by atoms with Crippen LogP contribution in [0.3, 0.4) is 0 Å². The van der Waals surface area contributed by atoms with E-state index < -0.39 is 11.0 Å². The average molecular weight is 533 g/mol. The molecule has 3 aromatic carbocycles. The van der Waals surface area contributed by atoms with Gasteiger partial charge in [0.25, 0.3) is 5.69 Å². The molecule has 3 aromatic rings. The van der Waals surface area contributed by atoms with Crippen LogP contribution in [0.5, 0.6) is 11.5 Å². The van der Waals surface area contributed by atoms with Crippen LogP contribution in [0.15, 0.2) is 60.7 Å². The summed E-state index contributed by atoms with van der Waals surface area (Å²) in [5.74, 6) is 0.903. The van der Waals surface area contributed by atoms with E-state index in [0.717, 1.165) is 5.06 Å². The van der Waals surface area contributed by atoms with Crippen molar-refractivity contribution in [3.63, 3.8) is 0 Å². The van der Waals surface area contributed by atoms with E-state index in [0.29, 0.717) is 37.3 Å². The number of nitrogens with zero attached hydrogens (tertiary/aromatic N) is 2. The molecule has 174 valence electrons. The third kappa shape index (κ3) is 8.27. The molecule has 0 heterocycles. The molecule has 3 rings (SSSR count). The van der Waals surface area contributed by atoms with Gasteiger partial charge in [-0.1, -0.05) is 46.4 Å². The highest BCUT2D eigenvalue weighted by molar-refractivity contribution is 6.42. The maximum Gasteiger partial charge on any atom is 0.345 e. The summed E-state index contributed by atoms with van der Waals surface area (Å²) < 4.78 is 5.49. The van der Waals surface area contributed by atoms with Gasteiger partial charge >= 0.3 is 6.03 Å². The number of carbonyl (C=O) groups is 1. The van der Waals surface area contributed by atoms with Crippen LogP contribution >= 0.6 is 46.4 Å². The Bertz CT molecular complexity index is 1130. The summed E-state index contributed by atoms with van der Waals surface area (Å²) >= 11 is 23.2. The lowest BCUT2D eigenvalue weighted by atomic mass is 10.3. The second-order valence-electron chi connectivity index (χ2n) is 6.17. The number of halogens is 4. The van der Waals surface area contributed by atoms with Crippen molar-refractivity contribution in [1.82, 2.24) is 5.06 Å². The number of ether oxygens (including phenoxy) is 1. The minimum atomic E-state index is -0.473. The molecule has 0 aliphatic heterocycles. The van der Waals surface area contributed by atoms with Gasteiger partial charge < -0.3 is 10.1 Å². The van der Waals surface area contributed by atoms with Crippen LogP contribution in [0.2, 0.25) is 20.1 Å². The smallest absolute Gasteiger partial charge is 0.345 e. The lowest BCUT2D eigenvalue weighted by Gasteiger charge is -2.14. The molecule has 0 saturated carbocycles. The maximum atomic E-state index is 11.4. The Balaban J connectivity index is 0.000000238. The van der Waals surface area contributed by atoms with Gasteiger partial charge in [0.05, 0.1) is 27.1 Å². The van der Waals surface area contributed by atoms with Crippen LogP contribution in [0, 0.1) is 10.1 Å². The van der Waals surface area contributed by atoms with Crippen LogP contribution in [0.25, 0.3) is 0 Å². The van der Waals surface area contributed by atoms with E-state index in [-0.39, 0.29) is 5.69 Å². The first-order chi connectivity index (χ1) is 15.6. The van der Waals surface area contributed by atoms with Crippen LogP contribution in [-0.4, -0.2) is 30.2 Å². The number of benzene rings is 3. The Labute approximate surface area is 209 Å². The Morgan fingerprint density at radius 2 is 1.61 bits per heavy atom. The number of carbonyl (C=O) groups excluding carboxylic acids is 1. The zero-order valence-corrected chi connectivity index (χ0v) is 20.2. The third-order valence-corrected chi connectivity index (χ3v) is 5.17. The highest BCUT2D eigenvalue weighted by Crippen LogP contribution is 2.32. The summed E-state index contributed by atoms with van der Waals surface area (Å²) in [6.07, 6.45) is 0. The number of hydrogen-bond acceptors (Lipinski definition) is 5. The van der Waals surface area contributed by atoms with Gasteiger partial charge in [0.2, 0.25) is 0 Å². The SMILES string of the molecule is CON(C)C(=O)Nc1ccc(Cl)c(Cl)c1.O=[N+]([O-])c1ccc(Oc2ccc(Cl)cc2Cl)cc1. The molecule has 0 aliphatic carbocycles. The fraction of sp³-hybridized carbons (Fsp3) is 0.0952. The fourth-order valence-electron chi connectivity index (χ4n) is 2.18. The molecule has 0 aliphatic rings. The molecule has 0 aromatic heterocycles. The van der Waals surface area contributed by atoms with Crippen molar-refractivity contribution >= 4 is 63.8 Å². The number of nitrogens with one attached hydrogen (secondary N) is 1. The minimum Gasteiger partial charge on any atom is -0.456 e. The summed E-state index contributed by atoms with van der Waals surface area (Å²) in [4.78, 5) is 26.1. The predicted molar refractivity (Wildman–Crippen MR) is 130 cm³/mol. The summed E-state index contributed by atoms with van der Waals surface area (Å²) in [5.41, 5.74) is 0.558. The van der Waals surface area contributed by atoms with E-state index >= 15 is 0 Å². The largest absolute Gasteiger partial charge is 0.456 e. The van der Waals surface area contributed by atoms with Gasteiger partial charge in [-0.2, -0.15) is 0 Å². The molecule has 0 radical (unpaired) electrons. The van der Waals surface area contributed by atoms with Gasteiger partial charge in [0.1, 0.15) is 11.5 Å². The first-order valence-electron chi connectivity index (χ1n) is 9.02. The zero-order chi connectivity index (χ0) is 24.5. The maximum absolute atomic E-state index is 11.4. The molecule has 33 heavy (non-hydrogen) atoms. The van der Waals surface area contributed by atoms with Gasteiger partial charge in [-0.3, -0.25) is 15.0 Å². The van der Waals surface area contributed by atoms with Crippen molar-refractivity contribution in [3.8, 4) is 11.5 Å². The molecule has 0 unspecified atom stereocenters. The van der Waals surface area contributed by atoms with Crippen LogP contribution in [0.4, 0.5) is 16.2 Å². The van der Waals surface area contributed by atoms with Crippen LogP contribution in [-0.2, 0) is 4.84 Å². The Morgan fingerprint density at radius 1 is 0.939 bits per heavy atom. The highest BCUT2D eigenvalue weighted by atomic mass is 35.5. The van der Waals surface area contributed by atoms with Crippen molar-refractivity contribution in [2.24, 2.45) is 0 Å². The fourth-order valence-corrected chi connectivity index (χ4v) is 2.92. The summed E-state index contributed by atoms with van der Waals surface area (Å²) in [6.45, 7) is 0. The van der Waals surface area contributed by atoms with Crippen molar-refractivity contribution in [2.45, 2.75) is 0 Å². The number of hydrogen-bond donors (Lipinski definition) is 1. The number of non-ortho nitro benzene ring substituents is 1. The van der Waals surface area contributed by atoms with Gasteiger partial charge in [-0.15, -0.1) is 0 Å². The summed E-state index contributed by atoms with van der Waals surface area (Å²) in [6, 6.07) is 15.0. The van der Waals surface area contributed by atoms with E-state index in [9.17, 15) is 14.9 Å². The van der Waals surface area contributed by atoms with Crippen molar-refractivity contribution in [3.05, 3.63) is 90.9 Å². The van der Waals surface area contributed by atoms with Crippen molar-refractivity contribution in [2.75, 3.05) is 19.5 Å². The van der Waals surface area contributed by atoms with E-state index in [2.05, 4.69) is 5.32 Å². The molecule has 1 N–H and O–H groups in total. The van der Waals surface area contributed by atoms with E-state index in [1.54, 1.807) is 36.4 Å². The summed E-state index contributed by atoms with van der Waals surface area (Å²) in [7, 11) is 2.89. The number of rotatable bonds is 5. The van der Waals surface area contributed by atoms with E-state index in [1.807, 2.05) is 0 Å². The molecule has 2 amide bonds. The topological polar surface area (TPSA) is 93.9 Å². The molecule has 0 atom stereocenters. The molecule has 8 nitrogen and oxygen atoms in total. The molecular weight excluding hydrogens is 516 g/mol. The molecule has 0 saturated heterocycles. The minimum absolute atomic E-state index is 0.00422. The molecule has 12 heteroatoms. The number of hydroxylamine groups is 2. The number of nitro benzene ring substituents is 1. The lowest BCUT2D eigenvalue weighted by molar-refractivity contribution is -0.384. The monoisotopic (exact) mass is 531 g/mol. The number of nitro groups is 1. The molecular formula is C21H17Cl4N3O5. The summed E-state index contributed by atoms with van der Waals surface area (Å²) in [5, 5.41) is 15.8. The second kappa shape index (κ2) is 12.5. The number of anilines is 1. The Hall–Kier alpha value is -2.75. The van der Waals surface area contributed by atoms with Crippen LogP contribution in [0.1, 0.15) is 0 Å². The van der Waals surface area contributed by atoms with E-state index in [1.165, 1.54) is 38.4 Å². The quantitative estimate of drug-likeness (QED) is 0.268. The van der Waals surface area contributed by atoms with Gasteiger partial charge in [-0.05, 0) is 48.5 Å². The highest BCUT2D eigenvalue weighted by Gasteiger charge is 2.09. The number of amides is 2. The first-order valence-corrected chi connectivity index (χ1v) is 10.5. The molecule has 0 fully saturated rings. The second-order valence-corrected chi connectivity index (χ2v) is 7.82.